The fourth-order valence-corrected chi connectivity index (χ4v) is 2.58. The van der Waals surface area contributed by atoms with Crippen LogP contribution in [0, 0.1) is 11.6 Å². The second-order valence-electron chi connectivity index (χ2n) is 6.47. The maximum Gasteiger partial charge on any atom is 0.410 e. The van der Waals surface area contributed by atoms with Gasteiger partial charge in [0.15, 0.2) is 0 Å². The van der Waals surface area contributed by atoms with Gasteiger partial charge >= 0.3 is 6.09 Å². The van der Waals surface area contributed by atoms with E-state index in [2.05, 4.69) is 0 Å². The lowest BCUT2D eigenvalue weighted by atomic mass is 9.96. The third-order valence-electron chi connectivity index (χ3n) is 3.48. The fourth-order valence-electron chi connectivity index (χ4n) is 2.58. The van der Waals surface area contributed by atoms with Gasteiger partial charge in [-0.2, -0.15) is 0 Å². The van der Waals surface area contributed by atoms with Crippen molar-refractivity contribution in [3.05, 3.63) is 35.4 Å². The van der Waals surface area contributed by atoms with Crippen molar-refractivity contribution >= 4 is 12.4 Å². The van der Waals surface area contributed by atoms with Gasteiger partial charge in [-0.05, 0) is 44.9 Å². The van der Waals surface area contributed by atoms with Crippen LogP contribution < -0.4 is 0 Å². The summed E-state index contributed by atoms with van der Waals surface area (Å²) in [6.45, 7) is 5.39. The van der Waals surface area contributed by atoms with Crippen LogP contribution in [-0.2, 0) is 9.53 Å². The molecular formula is C16H19F2NO3. The Morgan fingerprint density at radius 1 is 1.27 bits per heavy atom. The van der Waals surface area contributed by atoms with Crippen LogP contribution in [0.1, 0.15) is 38.7 Å². The molecule has 1 aliphatic heterocycles. The number of carbonyl (C=O) groups is 2. The van der Waals surface area contributed by atoms with Crippen molar-refractivity contribution in [2.45, 2.75) is 44.8 Å². The zero-order valence-electron chi connectivity index (χ0n) is 12.8. The zero-order chi connectivity index (χ0) is 16.5. The van der Waals surface area contributed by atoms with E-state index in [9.17, 15) is 18.4 Å². The first kappa shape index (κ1) is 16.4. The van der Waals surface area contributed by atoms with Crippen molar-refractivity contribution in [1.82, 2.24) is 4.90 Å². The summed E-state index contributed by atoms with van der Waals surface area (Å²) in [4.78, 5) is 24.6. The highest BCUT2D eigenvalue weighted by Crippen LogP contribution is 2.32. The number of rotatable bonds is 2. The molecule has 1 heterocycles. The van der Waals surface area contributed by atoms with E-state index in [-0.39, 0.29) is 12.5 Å². The van der Waals surface area contributed by atoms with E-state index in [1.54, 1.807) is 20.8 Å². The van der Waals surface area contributed by atoms with Gasteiger partial charge < -0.3 is 9.53 Å². The number of aldehydes is 1. The van der Waals surface area contributed by atoms with Crippen LogP contribution in [0.4, 0.5) is 13.6 Å². The maximum atomic E-state index is 13.3. The Balaban J connectivity index is 2.18. The van der Waals surface area contributed by atoms with Crippen molar-refractivity contribution in [3.63, 3.8) is 0 Å². The molecule has 0 N–H and O–H groups in total. The molecule has 2 unspecified atom stereocenters. The molecule has 2 atom stereocenters. The molecule has 4 nitrogen and oxygen atoms in total. The van der Waals surface area contributed by atoms with E-state index in [1.165, 1.54) is 17.0 Å². The van der Waals surface area contributed by atoms with E-state index in [4.69, 9.17) is 4.74 Å². The minimum absolute atomic E-state index is 0.196. The summed E-state index contributed by atoms with van der Waals surface area (Å²) in [5.74, 6) is -1.64. The number of halogens is 2. The number of hydrogen-bond acceptors (Lipinski definition) is 3. The zero-order valence-corrected chi connectivity index (χ0v) is 12.8. The standard InChI is InChI=1S/C16H19F2NO3/c1-16(2,3)22-15(21)19-8-11(6-14(19)9-20)10-4-12(17)7-13(18)5-10/h4-5,7,9,11,14H,6,8H2,1-3H3. The molecule has 1 aliphatic rings. The molecule has 0 aliphatic carbocycles. The van der Waals surface area contributed by atoms with Gasteiger partial charge in [-0.15, -0.1) is 0 Å². The van der Waals surface area contributed by atoms with Crippen LogP contribution in [0.2, 0.25) is 0 Å². The summed E-state index contributed by atoms with van der Waals surface area (Å²) in [5.41, 5.74) is -0.233. The third-order valence-corrected chi connectivity index (χ3v) is 3.48. The predicted octanol–water partition coefficient (Wildman–Crippen LogP) is 3.26. The quantitative estimate of drug-likeness (QED) is 0.788. The predicted molar refractivity (Wildman–Crippen MR) is 76.5 cm³/mol. The topological polar surface area (TPSA) is 46.6 Å². The van der Waals surface area contributed by atoms with Crippen LogP contribution in [0.5, 0.6) is 0 Å². The molecule has 1 aromatic rings. The molecule has 1 fully saturated rings. The van der Waals surface area contributed by atoms with Crippen LogP contribution >= 0.6 is 0 Å². The SMILES string of the molecule is CC(C)(C)OC(=O)N1CC(c2cc(F)cc(F)c2)CC1C=O. The molecule has 0 spiro atoms. The maximum absolute atomic E-state index is 13.3. The van der Waals surface area contributed by atoms with Gasteiger partial charge in [-0.3, -0.25) is 4.90 Å². The van der Waals surface area contributed by atoms with E-state index in [0.29, 0.717) is 18.3 Å². The van der Waals surface area contributed by atoms with Crippen molar-refractivity contribution < 1.29 is 23.1 Å². The normalized spacial score (nSPS) is 21.8. The van der Waals surface area contributed by atoms with Gasteiger partial charge in [0.1, 0.15) is 23.5 Å². The molecule has 1 saturated heterocycles. The average Bonchev–Trinajstić information content (AvgIpc) is 2.79. The number of hydrogen-bond donors (Lipinski definition) is 0. The number of nitrogens with zero attached hydrogens (tertiary/aromatic N) is 1. The summed E-state index contributed by atoms with van der Waals surface area (Å²) in [5, 5.41) is 0. The van der Waals surface area contributed by atoms with Gasteiger partial charge in [0.2, 0.25) is 0 Å². The van der Waals surface area contributed by atoms with Crippen molar-refractivity contribution in [1.29, 1.82) is 0 Å². The van der Waals surface area contributed by atoms with Crippen LogP contribution in [0.25, 0.3) is 0 Å². The van der Waals surface area contributed by atoms with Crippen molar-refractivity contribution in [2.24, 2.45) is 0 Å². The first-order chi connectivity index (χ1) is 10.2. The number of ether oxygens (including phenoxy) is 1. The van der Waals surface area contributed by atoms with Crippen molar-refractivity contribution in [3.8, 4) is 0 Å². The highest BCUT2D eigenvalue weighted by Gasteiger charge is 2.38. The third kappa shape index (κ3) is 3.81. The van der Waals surface area contributed by atoms with Gasteiger partial charge in [0.05, 0.1) is 6.04 Å². The van der Waals surface area contributed by atoms with E-state index in [0.717, 1.165) is 6.07 Å². The minimum Gasteiger partial charge on any atom is -0.444 e. The molecule has 1 aromatic carbocycles. The Hall–Kier alpha value is -1.98. The summed E-state index contributed by atoms with van der Waals surface area (Å²) in [7, 11) is 0. The van der Waals surface area contributed by atoms with Crippen LogP contribution in [0.3, 0.4) is 0 Å². The number of benzene rings is 1. The summed E-state index contributed by atoms with van der Waals surface area (Å²) in [6, 6.07) is 2.61. The lowest BCUT2D eigenvalue weighted by molar-refractivity contribution is -0.111. The molecule has 22 heavy (non-hydrogen) atoms. The van der Waals surface area contributed by atoms with Gasteiger partial charge in [-0.1, -0.05) is 0 Å². The van der Waals surface area contributed by atoms with E-state index >= 15 is 0 Å². The molecule has 6 heteroatoms. The van der Waals surface area contributed by atoms with Gasteiger partial charge in [0.25, 0.3) is 0 Å². The molecule has 120 valence electrons. The Morgan fingerprint density at radius 3 is 2.36 bits per heavy atom. The summed E-state index contributed by atoms with van der Waals surface area (Å²) in [6.07, 6.45) is 0.398. The van der Waals surface area contributed by atoms with E-state index in [1.807, 2.05) is 0 Å². The average molecular weight is 311 g/mol. The Labute approximate surface area is 128 Å². The van der Waals surface area contributed by atoms with Crippen LogP contribution in [0.15, 0.2) is 18.2 Å². The molecule has 0 aromatic heterocycles. The van der Waals surface area contributed by atoms with Crippen LogP contribution in [-0.4, -0.2) is 35.5 Å². The number of amides is 1. The second kappa shape index (κ2) is 6.02. The number of likely N-dealkylation sites (tertiary alicyclic amines) is 1. The Morgan fingerprint density at radius 2 is 1.86 bits per heavy atom. The molecule has 0 radical (unpaired) electrons. The first-order valence-corrected chi connectivity index (χ1v) is 7.10. The smallest absolute Gasteiger partial charge is 0.410 e. The molecule has 0 saturated carbocycles. The molecule has 0 bridgehead atoms. The second-order valence-corrected chi connectivity index (χ2v) is 6.47. The molecular weight excluding hydrogens is 292 g/mol. The number of carbonyl (C=O) groups excluding carboxylic acids is 2. The minimum atomic E-state index is -0.673. The Bertz CT molecular complexity index is 563. The first-order valence-electron chi connectivity index (χ1n) is 7.10. The summed E-state index contributed by atoms with van der Waals surface area (Å²) >= 11 is 0. The largest absolute Gasteiger partial charge is 0.444 e. The molecule has 2 rings (SSSR count). The highest BCUT2D eigenvalue weighted by atomic mass is 19.1. The fraction of sp³-hybridized carbons (Fsp3) is 0.500. The van der Waals surface area contributed by atoms with Gasteiger partial charge in [0, 0.05) is 18.5 Å². The monoisotopic (exact) mass is 311 g/mol. The van der Waals surface area contributed by atoms with Gasteiger partial charge in [-0.25, -0.2) is 13.6 Å². The van der Waals surface area contributed by atoms with Crippen molar-refractivity contribution in [2.75, 3.05) is 6.54 Å². The molecule has 1 amide bonds. The summed E-state index contributed by atoms with van der Waals surface area (Å²) < 4.78 is 31.9. The highest BCUT2D eigenvalue weighted by molar-refractivity contribution is 5.75. The lowest BCUT2D eigenvalue weighted by Crippen LogP contribution is -2.40. The lowest BCUT2D eigenvalue weighted by Gasteiger charge is -2.26. The Kier molecular flexibility index (Phi) is 4.49. The van der Waals surface area contributed by atoms with E-state index < -0.39 is 29.4 Å².